The quantitative estimate of drug-likeness (QED) is 0.654. The molecule has 1 aromatic rings. The summed E-state index contributed by atoms with van der Waals surface area (Å²) in [6, 6.07) is 5.34. The second-order valence-electron chi connectivity index (χ2n) is 5.01. The Kier molecular flexibility index (Phi) is 6.68. The fraction of sp³-hybridized carbons (Fsp3) is 0.467. The third-order valence-corrected chi connectivity index (χ3v) is 3.08. The highest BCUT2D eigenvalue weighted by Gasteiger charge is 2.13. The Bertz CT molecular complexity index is 502. The molecule has 0 radical (unpaired) electrons. The number of hydrogen-bond acceptors (Lipinski definition) is 4. The highest BCUT2D eigenvalue weighted by atomic mass is 16.2. The molecule has 4 N–H and O–H groups in total. The number of benzene rings is 1. The van der Waals surface area contributed by atoms with Crippen molar-refractivity contribution in [3.63, 3.8) is 0 Å². The molecule has 0 atom stereocenters. The lowest BCUT2D eigenvalue weighted by Gasteiger charge is -2.20. The van der Waals surface area contributed by atoms with Gasteiger partial charge in [0, 0.05) is 18.4 Å². The molecule has 116 valence electrons. The van der Waals surface area contributed by atoms with Gasteiger partial charge < -0.3 is 16.4 Å². The predicted molar refractivity (Wildman–Crippen MR) is 85.0 cm³/mol. The molecule has 6 nitrogen and oxygen atoms in total. The molecule has 6 heteroatoms. The average molecular weight is 292 g/mol. The van der Waals surface area contributed by atoms with Gasteiger partial charge in [0.1, 0.15) is 0 Å². The van der Waals surface area contributed by atoms with Gasteiger partial charge in [-0.2, -0.15) is 0 Å². The van der Waals surface area contributed by atoms with Gasteiger partial charge in [0.25, 0.3) is 0 Å². The van der Waals surface area contributed by atoms with Crippen LogP contribution < -0.4 is 16.4 Å². The summed E-state index contributed by atoms with van der Waals surface area (Å²) in [5.74, 6) is -0.236. The molecule has 0 bridgehead atoms. The number of carbonyl (C=O) groups excluding carboxylic acids is 2. The standard InChI is InChI=1S/C15H24N4O2/c1-4-7-19(9-14(20)17-3)10-15(21)18-13-6-5-12(16)8-11(13)2/h5-6,8H,4,7,9-10,16H2,1-3H3,(H,17,20)(H,18,21). The van der Waals surface area contributed by atoms with Gasteiger partial charge in [0.15, 0.2) is 0 Å². The number of nitrogens with one attached hydrogen (secondary N) is 2. The normalized spacial score (nSPS) is 10.5. The molecular weight excluding hydrogens is 268 g/mol. The van der Waals surface area contributed by atoms with Crippen LogP contribution in [-0.2, 0) is 9.59 Å². The minimum Gasteiger partial charge on any atom is -0.399 e. The molecule has 0 aliphatic carbocycles. The second kappa shape index (κ2) is 8.26. The minimum atomic E-state index is -0.139. The number of nitrogen functional groups attached to an aromatic ring is 1. The number of rotatable bonds is 7. The Morgan fingerprint density at radius 1 is 1.24 bits per heavy atom. The SMILES string of the molecule is CCCN(CC(=O)NC)CC(=O)Nc1ccc(N)cc1C. The number of likely N-dealkylation sites (N-methyl/N-ethyl adjacent to an activating group) is 1. The molecule has 1 aromatic carbocycles. The van der Waals surface area contributed by atoms with Gasteiger partial charge in [0.2, 0.25) is 11.8 Å². The van der Waals surface area contributed by atoms with Crippen LogP contribution in [0.15, 0.2) is 18.2 Å². The number of anilines is 2. The lowest BCUT2D eigenvalue weighted by molar-refractivity contribution is -0.123. The van der Waals surface area contributed by atoms with Crippen molar-refractivity contribution in [1.29, 1.82) is 0 Å². The summed E-state index contributed by atoms with van der Waals surface area (Å²) in [5.41, 5.74) is 8.00. The maximum absolute atomic E-state index is 12.1. The Morgan fingerprint density at radius 3 is 2.48 bits per heavy atom. The van der Waals surface area contributed by atoms with E-state index in [2.05, 4.69) is 10.6 Å². The van der Waals surface area contributed by atoms with Crippen LogP contribution >= 0.6 is 0 Å². The average Bonchev–Trinajstić information content (AvgIpc) is 2.42. The third kappa shape index (κ3) is 5.83. The molecule has 0 aliphatic heterocycles. The van der Waals surface area contributed by atoms with E-state index in [1.54, 1.807) is 19.2 Å². The van der Waals surface area contributed by atoms with Crippen molar-refractivity contribution in [1.82, 2.24) is 10.2 Å². The topological polar surface area (TPSA) is 87.5 Å². The molecule has 0 fully saturated rings. The molecule has 1 rings (SSSR count). The van der Waals surface area contributed by atoms with E-state index in [0.717, 1.165) is 17.7 Å². The summed E-state index contributed by atoms with van der Waals surface area (Å²) in [7, 11) is 1.59. The maximum atomic E-state index is 12.1. The fourth-order valence-electron chi connectivity index (χ4n) is 2.03. The Labute approximate surface area is 125 Å². The largest absolute Gasteiger partial charge is 0.399 e. The molecule has 2 amide bonds. The number of carbonyl (C=O) groups is 2. The molecule has 0 saturated carbocycles. The highest BCUT2D eigenvalue weighted by Crippen LogP contribution is 2.17. The van der Waals surface area contributed by atoms with E-state index < -0.39 is 0 Å². The van der Waals surface area contributed by atoms with Crippen molar-refractivity contribution in [3.05, 3.63) is 23.8 Å². The van der Waals surface area contributed by atoms with Gasteiger partial charge in [-0.05, 0) is 43.7 Å². The van der Waals surface area contributed by atoms with E-state index in [1.807, 2.05) is 24.8 Å². The van der Waals surface area contributed by atoms with Gasteiger partial charge >= 0.3 is 0 Å². The summed E-state index contributed by atoms with van der Waals surface area (Å²) in [6.07, 6.45) is 0.880. The fourth-order valence-corrected chi connectivity index (χ4v) is 2.03. The van der Waals surface area contributed by atoms with Gasteiger partial charge in [-0.15, -0.1) is 0 Å². The smallest absolute Gasteiger partial charge is 0.238 e. The Balaban J connectivity index is 2.62. The number of nitrogens with two attached hydrogens (primary N) is 1. The molecule has 21 heavy (non-hydrogen) atoms. The van der Waals surface area contributed by atoms with Crippen molar-refractivity contribution in [2.24, 2.45) is 0 Å². The highest BCUT2D eigenvalue weighted by molar-refractivity contribution is 5.93. The zero-order chi connectivity index (χ0) is 15.8. The predicted octanol–water partition coefficient (Wildman–Crippen LogP) is 0.974. The first-order valence-corrected chi connectivity index (χ1v) is 7.05. The molecular formula is C15H24N4O2. The van der Waals surface area contributed by atoms with Crippen LogP contribution in [0.3, 0.4) is 0 Å². The maximum Gasteiger partial charge on any atom is 0.238 e. The monoisotopic (exact) mass is 292 g/mol. The van der Waals surface area contributed by atoms with Crippen LogP contribution in [0.5, 0.6) is 0 Å². The lowest BCUT2D eigenvalue weighted by atomic mass is 10.2. The molecule has 0 aliphatic rings. The van der Waals surface area contributed by atoms with Crippen LogP contribution in [-0.4, -0.2) is 43.4 Å². The minimum absolute atomic E-state index is 0.0973. The molecule has 0 unspecified atom stereocenters. The third-order valence-electron chi connectivity index (χ3n) is 3.08. The van der Waals surface area contributed by atoms with Crippen molar-refractivity contribution in [2.45, 2.75) is 20.3 Å². The second-order valence-corrected chi connectivity index (χ2v) is 5.01. The van der Waals surface area contributed by atoms with E-state index in [-0.39, 0.29) is 24.9 Å². The molecule has 0 spiro atoms. The number of nitrogens with zero attached hydrogens (tertiary/aromatic N) is 1. The summed E-state index contributed by atoms with van der Waals surface area (Å²) in [4.78, 5) is 25.3. The van der Waals surface area contributed by atoms with Crippen LogP contribution in [0.2, 0.25) is 0 Å². The van der Waals surface area contributed by atoms with Crippen molar-refractivity contribution in [3.8, 4) is 0 Å². The first kappa shape index (κ1) is 17.0. The van der Waals surface area contributed by atoms with Crippen molar-refractivity contribution < 1.29 is 9.59 Å². The first-order chi connectivity index (χ1) is 9.96. The van der Waals surface area contributed by atoms with Gasteiger partial charge in [-0.3, -0.25) is 14.5 Å². The lowest BCUT2D eigenvalue weighted by Crippen LogP contribution is -2.40. The molecule has 0 heterocycles. The summed E-state index contributed by atoms with van der Waals surface area (Å²) in [5, 5.41) is 5.42. The summed E-state index contributed by atoms with van der Waals surface area (Å²) < 4.78 is 0. The number of amides is 2. The summed E-state index contributed by atoms with van der Waals surface area (Å²) >= 11 is 0. The van der Waals surface area contributed by atoms with Crippen molar-refractivity contribution in [2.75, 3.05) is 37.7 Å². The van der Waals surface area contributed by atoms with Crippen molar-refractivity contribution >= 4 is 23.2 Å². The van der Waals surface area contributed by atoms with E-state index >= 15 is 0 Å². The van der Waals surface area contributed by atoms with Gasteiger partial charge in [-0.25, -0.2) is 0 Å². The number of hydrogen-bond donors (Lipinski definition) is 3. The van der Waals surface area contributed by atoms with Gasteiger partial charge in [0.05, 0.1) is 13.1 Å². The molecule has 0 saturated heterocycles. The van der Waals surface area contributed by atoms with Crippen LogP contribution in [0.4, 0.5) is 11.4 Å². The van der Waals surface area contributed by atoms with E-state index in [4.69, 9.17) is 5.73 Å². The first-order valence-electron chi connectivity index (χ1n) is 7.05. The zero-order valence-corrected chi connectivity index (χ0v) is 12.9. The van der Waals surface area contributed by atoms with Crippen LogP contribution in [0.25, 0.3) is 0 Å². The van der Waals surface area contributed by atoms with E-state index in [9.17, 15) is 9.59 Å². The summed E-state index contributed by atoms with van der Waals surface area (Å²) in [6.45, 7) is 5.00. The Morgan fingerprint density at radius 2 is 1.90 bits per heavy atom. The van der Waals surface area contributed by atoms with Crippen LogP contribution in [0.1, 0.15) is 18.9 Å². The van der Waals surface area contributed by atoms with Crippen LogP contribution in [0, 0.1) is 6.92 Å². The molecule has 0 aromatic heterocycles. The van der Waals surface area contributed by atoms with E-state index in [1.165, 1.54) is 0 Å². The zero-order valence-electron chi connectivity index (χ0n) is 12.9. The Hall–Kier alpha value is -2.08. The van der Waals surface area contributed by atoms with E-state index in [0.29, 0.717) is 12.2 Å². The number of aryl methyl sites for hydroxylation is 1. The van der Waals surface area contributed by atoms with Gasteiger partial charge in [-0.1, -0.05) is 6.92 Å².